The molecule has 0 saturated heterocycles. The molecule has 4 nitrogen and oxygen atoms in total. The summed E-state index contributed by atoms with van der Waals surface area (Å²) in [5.74, 6) is 0. The Morgan fingerprint density at radius 3 is 1.14 bits per heavy atom. The molecule has 0 unspecified atom stereocenters. The average Bonchev–Trinajstić information content (AvgIpc) is 1.39. The van der Waals surface area contributed by atoms with E-state index in [1.807, 2.05) is 0 Å². The van der Waals surface area contributed by atoms with Crippen molar-refractivity contribution in [3.8, 4) is 0 Å². The van der Waals surface area contributed by atoms with E-state index in [2.05, 4.69) is 0 Å². The fourth-order valence-corrected chi connectivity index (χ4v) is 0. The molecule has 0 saturated carbocycles. The molecule has 0 amide bonds. The van der Waals surface area contributed by atoms with Gasteiger partial charge in [0.15, 0.2) is 0 Å². The maximum atomic E-state index is 8.25. The molecule has 0 atom stereocenters. The maximum absolute atomic E-state index is 8.25. The van der Waals surface area contributed by atoms with Crippen LogP contribution >= 0.6 is 0 Å². The van der Waals surface area contributed by atoms with Gasteiger partial charge in [0.05, 0.1) is 0 Å². The van der Waals surface area contributed by atoms with E-state index in [4.69, 9.17) is 19.8 Å². The van der Waals surface area contributed by atoms with E-state index < -0.39 is 12.9 Å². The third-order valence-electron chi connectivity index (χ3n) is 0. The summed E-state index contributed by atoms with van der Waals surface area (Å²) in [6.45, 7) is -1.00. The zero-order valence-electron chi connectivity index (χ0n) is 4.79. The van der Waals surface area contributed by atoms with Crippen molar-refractivity contribution in [2.24, 2.45) is 0 Å². The van der Waals surface area contributed by atoms with E-state index in [0.717, 1.165) is 0 Å². The Bertz CT molecular complexity index is 35.0. The molecule has 0 fully saturated rings. The van der Waals surface area contributed by atoms with Crippen molar-refractivity contribution in [1.29, 1.82) is 0 Å². The summed E-state index contributed by atoms with van der Waals surface area (Å²) in [4.78, 5) is 16.5. The predicted octanol–water partition coefficient (Wildman–Crippen LogP) is -6.15. The summed E-state index contributed by atoms with van der Waals surface area (Å²) in [5.41, 5.74) is 0. The van der Waals surface area contributed by atoms with Crippen LogP contribution in [0.25, 0.3) is 0 Å². The Morgan fingerprint density at radius 2 is 1.14 bits per heavy atom. The fourth-order valence-electron chi connectivity index (χ4n) is 0. The zero-order valence-corrected chi connectivity index (χ0v) is 5.79. The molecule has 0 aliphatic carbocycles. The van der Waals surface area contributed by atoms with Crippen LogP contribution in [0.4, 0.5) is 0 Å². The van der Waals surface area contributed by atoms with E-state index in [0.29, 0.717) is 0 Å². The average molecular weight is 114 g/mol. The second kappa shape index (κ2) is 38.5. The van der Waals surface area contributed by atoms with Gasteiger partial charge in [-0.25, -0.2) is 0 Å². The van der Waals surface area contributed by atoms with Gasteiger partial charge in [-0.2, -0.15) is 0 Å². The predicted molar refractivity (Wildman–Crippen MR) is 13.2 cm³/mol. The van der Waals surface area contributed by atoms with Crippen molar-refractivity contribution >= 4 is 12.9 Å². The quantitative estimate of drug-likeness (QED) is 0.232. The van der Waals surface area contributed by atoms with Gasteiger partial charge >= 0.3 is 31.0 Å². The molecule has 0 aliphatic rings. The van der Waals surface area contributed by atoms with Crippen LogP contribution in [0.2, 0.25) is 0 Å². The summed E-state index contributed by atoms with van der Waals surface area (Å²) >= 11 is 0. The summed E-state index contributed by atoms with van der Waals surface area (Å²) in [7, 11) is 0. The Hall–Kier alpha value is -0.0600. The number of carbonyl (C=O) groups excluding carboxylic acids is 2. The summed E-state index contributed by atoms with van der Waals surface area (Å²) in [5, 5.41) is 16.5. The van der Waals surface area contributed by atoms with Crippen molar-refractivity contribution in [2.45, 2.75) is 0 Å². The fraction of sp³-hybridized carbons (Fsp3) is 0. The monoisotopic (exact) mass is 114 g/mol. The van der Waals surface area contributed by atoms with Crippen LogP contribution in [0.15, 0.2) is 0 Å². The van der Waals surface area contributed by atoms with Crippen molar-refractivity contribution in [3.63, 3.8) is 0 Å². The summed E-state index contributed by atoms with van der Waals surface area (Å²) < 4.78 is 0. The maximum Gasteiger partial charge on any atom is 1.00 e. The van der Waals surface area contributed by atoms with E-state index in [-0.39, 0.29) is 31.0 Å². The van der Waals surface area contributed by atoms with Gasteiger partial charge in [0.2, 0.25) is 0 Å². The first-order valence-corrected chi connectivity index (χ1v) is 0.943. The Balaban J connectivity index is -0.0000000160. The van der Waals surface area contributed by atoms with Crippen LogP contribution in [0.5, 0.6) is 0 Å². The number of hydrogen-bond acceptors (Lipinski definition) is 4. The Labute approximate surface area is 63.9 Å². The molecule has 0 aromatic heterocycles. The van der Waals surface area contributed by atoms with Crippen molar-refractivity contribution in [2.75, 3.05) is 0 Å². The first kappa shape index (κ1) is 15.8. The van der Waals surface area contributed by atoms with Gasteiger partial charge in [0.25, 0.3) is 0 Å². The topological polar surface area (TPSA) is 80.3 Å². The van der Waals surface area contributed by atoms with Crippen LogP contribution in [-0.2, 0) is 9.59 Å². The molecule has 0 N–H and O–H groups in total. The number of rotatable bonds is 0. The van der Waals surface area contributed by atoms with Crippen LogP contribution in [0.3, 0.4) is 0 Å². The molecule has 0 rings (SSSR count). The van der Waals surface area contributed by atoms with Crippen LogP contribution in [0, 0.1) is 0 Å². The Morgan fingerprint density at radius 1 is 1.14 bits per heavy atom. The number of carboxylic acid groups (broad SMARTS) is 2. The van der Waals surface area contributed by atoms with Crippen LogP contribution in [-0.4, -0.2) is 12.9 Å². The van der Waals surface area contributed by atoms with Crippen LogP contribution < -0.4 is 39.8 Å². The van der Waals surface area contributed by atoms with Gasteiger partial charge in [-0.3, -0.25) is 0 Å². The van der Waals surface area contributed by atoms with Crippen molar-refractivity contribution in [3.05, 3.63) is 0 Å². The minimum absolute atomic E-state index is 0. The van der Waals surface area contributed by atoms with Crippen LogP contribution in [0.1, 0.15) is 1.43 Å². The molecular weight excluding hydrogens is 111 g/mol. The zero-order chi connectivity index (χ0) is 5.41. The largest absolute Gasteiger partial charge is 1.00 e. The number of carbonyl (C=O) groups is 2. The van der Waals surface area contributed by atoms with E-state index >= 15 is 0 Å². The molecule has 0 aliphatic heterocycles. The second-order valence-corrected chi connectivity index (χ2v) is 0.192. The van der Waals surface area contributed by atoms with Gasteiger partial charge < -0.3 is 19.8 Å². The first-order valence-electron chi connectivity index (χ1n) is 0.943. The van der Waals surface area contributed by atoms with E-state index in [1.165, 1.54) is 0 Å². The SMILES string of the molecule is O=C[O-].O=C[O-].[H+].[Na+]. The minimum atomic E-state index is -0.500. The normalized spacial score (nSPS) is 3.43. The van der Waals surface area contributed by atoms with E-state index in [9.17, 15) is 0 Å². The van der Waals surface area contributed by atoms with Crippen molar-refractivity contribution in [1.82, 2.24) is 0 Å². The third kappa shape index (κ3) is 25600. The first-order chi connectivity index (χ1) is 2.83. The molecule has 0 spiro atoms. The molecular formula is C2H3NaO4. The molecule has 7 heavy (non-hydrogen) atoms. The molecule has 0 aromatic carbocycles. The Kier molecular flexibility index (Phi) is 86.8. The van der Waals surface area contributed by atoms with Gasteiger partial charge in [-0.1, -0.05) is 0 Å². The standard InChI is InChI=1S/2CH2O2.Na/c2*2-1-3;/h2*1H,(H,2,3);/q;;+1/p-1. The molecule has 0 heterocycles. The van der Waals surface area contributed by atoms with Gasteiger partial charge in [-0.15, -0.1) is 0 Å². The molecule has 36 valence electrons. The van der Waals surface area contributed by atoms with Gasteiger partial charge in [0.1, 0.15) is 0 Å². The van der Waals surface area contributed by atoms with Gasteiger partial charge in [0, 0.05) is 12.9 Å². The smallest absolute Gasteiger partial charge is 0.554 e. The summed E-state index contributed by atoms with van der Waals surface area (Å²) in [6.07, 6.45) is 0. The molecule has 0 radical (unpaired) electrons. The molecule has 0 bridgehead atoms. The molecule has 5 heteroatoms. The number of hydrogen-bond donors (Lipinski definition) is 0. The van der Waals surface area contributed by atoms with Gasteiger partial charge in [-0.05, 0) is 0 Å². The second-order valence-electron chi connectivity index (χ2n) is 0.192. The van der Waals surface area contributed by atoms with E-state index in [1.54, 1.807) is 0 Å². The molecule has 0 aromatic rings. The summed E-state index contributed by atoms with van der Waals surface area (Å²) in [6, 6.07) is 0. The third-order valence-corrected chi connectivity index (χ3v) is 0. The minimum Gasteiger partial charge on any atom is -0.554 e. The van der Waals surface area contributed by atoms with Crippen molar-refractivity contribution < 1.29 is 50.8 Å².